The van der Waals surface area contributed by atoms with Gasteiger partial charge in [0.1, 0.15) is 0 Å². The maximum atomic E-state index is 4.31. The second-order valence-electron chi connectivity index (χ2n) is 8.03. The maximum Gasteiger partial charge on any atom is 0.0483 e. The molecule has 136 valence electrons. The van der Waals surface area contributed by atoms with Gasteiger partial charge in [0, 0.05) is 54.5 Å². The molecule has 0 aliphatic carbocycles. The zero-order chi connectivity index (χ0) is 18.3. The van der Waals surface area contributed by atoms with E-state index in [4.69, 9.17) is 0 Å². The van der Waals surface area contributed by atoms with Crippen molar-refractivity contribution in [3.8, 4) is 0 Å². The molecule has 0 fully saturated rings. The third-order valence-corrected chi connectivity index (χ3v) is 5.83. The number of benzene rings is 1. The summed E-state index contributed by atoms with van der Waals surface area (Å²) in [7, 11) is 4.51. The van der Waals surface area contributed by atoms with Crippen LogP contribution in [0.25, 0.3) is 10.9 Å². The fourth-order valence-corrected chi connectivity index (χ4v) is 4.68. The first-order chi connectivity index (χ1) is 12.5. The van der Waals surface area contributed by atoms with Crippen molar-refractivity contribution in [3.63, 3.8) is 0 Å². The highest BCUT2D eigenvalue weighted by molar-refractivity contribution is 5.86. The van der Waals surface area contributed by atoms with Crippen molar-refractivity contribution in [2.24, 2.45) is 7.05 Å². The van der Waals surface area contributed by atoms with Gasteiger partial charge in [0.05, 0.1) is 0 Å². The fourth-order valence-electron chi connectivity index (χ4n) is 4.68. The first-order valence-electron chi connectivity index (χ1n) is 9.71. The largest absolute Gasteiger partial charge is 0.347 e. The van der Waals surface area contributed by atoms with Gasteiger partial charge in [-0.25, -0.2) is 0 Å². The van der Waals surface area contributed by atoms with Crippen molar-refractivity contribution in [1.82, 2.24) is 14.5 Å². The Hall–Kier alpha value is -2.13. The molecule has 26 heavy (non-hydrogen) atoms. The molecule has 0 amide bonds. The van der Waals surface area contributed by atoms with Gasteiger partial charge in [0.25, 0.3) is 0 Å². The van der Waals surface area contributed by atoms with E-state index in [0.29, 0.717) is 5.92 Å². The topological polar surface area (TPSA) is 21.1 Å². The number of hydrogen-bond donors (Lipinski definition) is 0. The lowest BCUT2D eigenvalue weighted by molar-refractivity contribution is 0.268. The molecule has 3 aromatic rings. The van der Waals surface area contributed by atoms with Gasteiger partial charge in [-0.3, -0.25) is 4.98 Å². The summed E-state index contributed by atoms with van der Waals surface area (Å²) in [5.41, 5.74) is 8.37. The Morgan fingerprint density at radius 1 is 1.12 bits per heavy atom. The van der Waals surface area contributed by atoms with Crippen LogP contribution in [0.3, 0.4) is 0 Å². The van der Waals surface area contributed by atoms with E-state index in [-0.39, 0.29) is 0 Å². The van der Waals surface area contributed by atoms with Gasteiger partial charge >= 0.3 is 0 Å². The van der Waals surface area contributed by atoms with Crippen LogP contribution in [0.5, 0.6) is 0 Å². The van der Waals surface area contributed by atoms with Gasteiger partial charge in [-0.1, -0.05) is 11.6 Å². The number of aryl methyl sites for hydroxylation is 4. The van der Waals surface area contributed by atoms with Crippen LogP contribution in [0, 0.1) is 13.8 Å². The number of fused-ring (bicyclic) bond motifs is 3. The van der Waals surface area contributed by atoms with Crippen LogP contribution in [-0.2, 0) is 20.0 Å². The molecule has 1 aliphatic rings. The Labute approximate surface area is 156 Å². The average molecular weight is 348 g/mol. The summed E-state index contributed by atoms with van der Waals surface area (Å²) in [5.74, 6) is 0.615. The van der Waals surface area contributed by atoms with Gasteiger partial charge in [0.15, 0.2) is 0 Å². The monoisotopic (exact) mass is 347 g/mol. The van der Waals surface area contributed by atoms with E-state index in [1.165, 1.54) is 34.9 Å². The van der Waals surface area contributed by atoms with Crippen LogP contribution in [0.15, 0.2) is 36.5 Å². The highest BCUT2D eigenvalue weighted by Crippen LogP contribution is 2.37. The van der Waals surface area contributed by atoms with Gasteiger partial charge in [0.2, 0.25) is 0 Å². The lowest BCUT2D eigenvalue weighted by Crippen LogP contribution is -2.31. The molecular weight excluding hydrogens is 318 g/mol. The van der Waals surface area contributed by atoms with E-state index in [1.807, 2.05) is 6.20 Å². The van der Waals surface area contributed by atoms with Crippen molar-refractivity contribution >= 4 is 10.9 Å². The molecule has 0 bridgehead atoms. The molecule has 0 saturated heterocycles. The van der Waals surface area contributed by atoms with E-state index in [0.717, 1.165) is 25.2 Å². The summed E-state index contributed by atoms with van der Waals surface area (Å²) in [6.45, 7) is 6.49. The lowest BCUT2D eigenvalue weighted by atomic mass is 9.90. The highest BCUT2D eigenvalue weighted by atomic mass is 15.1. The summed E-state index contributed by atoms with van der Waals surface area (Å²) in [5, 5.41) is 1.45. The van der Waals surface area contributed by atoms with E-state index in [9.17, 15) is 0 Å². The molecule has 1 atom stereocenters. The Bertz CT molecular complexity index is 938. The van der Waals surface area contributed by atoms with Crippen LogP contribution >= 0.6 is 0 Å². The van der Waals surface area contributed by atoms with Crippen molar-refractivity contribution in [2.45, 2.75) is 45.6 Å². The second kappa shape index (κ2) is 6.88. The minimum absolute atomic E-state index is 0.615. The zero-order valence-corrected chi connectivity index (χ0v) is 16.4. The van der Waals surface area contributed by atoms with Crippen molar-refractivity contribution in [3.05, 3.63) is 64.6 Å². The van der Waals surface area contributed by atoms with Crippen LogP contribution in [0.2, 0.25) is 0 Å². The SMILES string of the molecule is Cc1ccc2c(c1)c1c(n2C)C(CCCc2ccnc(C)c2)CN(C)C1. The molecule has 1 unspecified atom stereocenters. The van der Waals surface area contributed by atoms with Crippen LogP contribution in [-0.4, -0.2) is 28.0 Å². The molecule has 0 radical (unpaired) electrons. The van der Waals surface area contributed by atoms with Crippen molar-refractivity contribution < 1.29 is 0 Å². The smallest absolute Gasteiger partial charge is 0.0483 e. The maximum absolute atomic E-state index is 4.31. The quantitative estimate of drug-likeness (QED) is 0.679. The molecule has 3 heteroatoms. The molecule has 0 spiro atoms. The first kappa shape index (κ1) is 17.3. The molecule has 0 N–H and O–H groups in total. The zero-order valence-electron chi connectivity index (χ0n) is 16.4. The van der Waals surface area contributed by atoms with E-state index in [1.54, 1.807) is 11.3 Å². The number of hydrogen-bond acceptors (Lipinski definition) is 2. The molecule has 1 aromatic carbocycles. The van der Waals surface area contributed by atoms with Crippen LogP contribution in [0.4, 0.5) is 0 Å². The Morgan fingerprint density at radius 2 is 1.96 bits per heavy atom. The molecule has 3 heterocycles. The third-order valence-electron chi connectivity index (χ3n) is 5.83. The van der Waals surface area contributed by atoms with E-state index >= 15 is 0 Å². The third kappa shape index (κ3) is 3.16. The van der Waals surface area contributed by atoms with E-state index in [2.05, 4.69) is 72.7 Å². The summed E-state index contributed by atoms with van der Waals surface area (Å²) < 4.78 is 2.46. The molecule has 0 saturated carbocycles. The molecule has 2 aromatic heterocycles. The Morgan fingerprint density at radius 3 is 2.77 bits per heavy atom. The molecule has 4 rings (SSSR count). The number of aromatic nitrogens is 2. The van der Waals surface area contributed by atoms with Crippen LogP contribution < -0.4 is 0 Å². The van der Waals surface area contributed by atoms with Crippen LogP contribution in [0.1, 0.15) is 46.8 Å². The Kier molecular flexibility index (Phi) is 4.58. The molecular formula is C23H29N3. The predicted molar refractivity (Wildman–Crippen MR) is 109 cm³/mol. The summed E-state index contributed by atoms with van der Waals surface area (Å²) in [6, 6.07) is 11.3. The number of pyridine rings is 1. The molecule has 3 nitrogen and oxygen atoms in total. The summed E-state index contributed by atoms with van der Waals surface area (Å²) >= 11 is 0. The van der Waals surface area contributed by atoms with Gasteiger partial charge in [-0.2, -0.15) is 0 Å². The highest BCUT2D eigenvalue weighted by Gasteiger charge is 2.28. The van der Waals surface area contributed by atoms with Crippen molar-refractivity contribution in [2.75, 3.05) is 13.6 Å². The number of likely N-dealkylation sites (N-methyl/N-ethyl adjacent to an activating group) is 1. The normalized spacial score (nSPS) is 17.6. The average Bonchev–Trinajstić information content (AvgIpc) is 2.87. The lowest BCUT2D eigenvalue weighted by Gasteiger charge is -2.31. The summed E-state index contributed by atoms with van der Waals surface area (Å²) in [4.78, 5) is 6.80. The van der Waals surface area contributed by atoms with E-state index < -0.39 is 0 Å². The number of rotatable bonds is 4. The second-order valence-corrected chi connectivity index (χ2v) is 8.03. The first-order valence-corrected chi connectivity index (χ1v) is 9.71. The van der Waals surface area contributed by atoms with Gasteiger partial charge in [-0.15, -0.1) is 0 Å². The fraction of sp³-hybridized carbons (Fsp3) is 0.435. The van der Waals surface area contributed by atoms with Gasteiger partial charge < -0.3 is 9.47 Å². The number of nitrogens with zero attached hydrogens (tertiary/aromatic N) is 3. The standard InChI is InChI=1S/C23H29N3/c1-16-8-9-22-20(12-16)21-15-25(3)14-19(23(21)26(22)4)7-5-6-18-10-11-24-17(2)13-18/h8-13,19H,5-7,14-15H2,1-4H3. The predicted octanol–water partition coefficient (Wildman–Crippen LogP) is 4.74. The van der Waals surface area contributed by atoms with Gasteiger partial charge in [-0.05, 0) is 75.5 Å². The minimum atomic E-state index is 0.615. The minimum Gasteiger partial charge on any atom is -0.347 e. The summed E-state index contributed by atoms with van der Waals surface area (Å²) in [6.07, 6.45) is 5.54. The van der Waals surface area contributed by atoms with Crippen molar-refractivity contribution in [1.29, 1.82) is 0 Å². The Balaban J connectivity index is 1.59. The molecule has 1 aliphatic heterocycles.